The van der Waals surface area contributed by atoms with Crippen LogP contribution < -0.4 is 5.32 Å². The van der Waals surface area contributed by atoms with Crippen LogP contribution in [-0.4, -0.2) is 47.4 Å². The van der Waals surface area contributed by atoms with Crippen molar-refractivity contribution in [2.45, 2.75) is 341 Å². The summed E-state index contributed by atoms with van der Waals surface area (Å²) >= 11 is 0. The van der Waals surface area contributed by atoms with Crippen LogP contribution in [0.4, 0.5) is 0 Å². The smallest absolute Gasteiger partial charge is 0.305 e. The highest BCUT2D eigenvalue weighted by Gasteiger charge is 2.20. The van der Waals surface area contributed by atoms with Crippen molar-refractivity contribution in [2.24, 2.45) is 0 Å². The van der Waals surface area contributed by atoms with E-state index >= 15 is 0 Å². The lowest BCUT2D eigenvalue weighted by Crippen LogP contribution is -2.45. The van der Waals surface area contributed by atoms with Crippen LogP contribution >= 0.6 is 0 Å². The van der Waals surface area contributed by atoms with Gasteiger partial charge in [-0.1, -0.05) is 276 Å². The van der Waals surface area contributed by atoms with Crippen molar-refractivity contribution in [1.82, 2.24) is 5.32 Å². The molecule has 6 nitrogen and oxygen atoms in total. The number of allylic oxidation sites excluding steroid dienone is 2. The van der Waals surface area contributed by atoms with E-state index in [4.69, 9.17) is 4.74 Å². The van der Waals surface area contributed by atoms with Crippen LogP contribution in [-0.2, 0) is 14.3 Å². The molecule has 0 saturated heterocycles. The van der Waals surface area contributed by atoms with Crippen LogP contribution in [0.1, 0.15) is 328 Å². The summed E-state index contributed by atoms with van der Waals surface area (Å²) in [5.74, 6) is -0.0374. The second-order valence-electron chi connectivity index (χ2n) is 20.3. The Morgan fingerprint density at radius 3 is 1.09 bits per heavy atom. The lowest BCUT2D eigenvalue weighted by molar-refractivity contribution is -0.143. The Labute approximate surface area is 406 Å². The molecule has 0 fully saturated rings. The van der Waals surface area contributed by atoms with Gasteiger partial charge in [0.2, 0.25) is 5.91 Å². The van der Waals surface area contributed by atoms with E-state index in [-0.39, 0.29) is 18.5 Å². The molecule has 65 heavy (non-hydrogen) atoms. The Morgan fingerprint density at radius 1 is 0.415 bits per heavy atom. The van der Waals surface area contributed by atoms with Gasteiger partial charge in [-0.2, -0.15) is 0 Å². The fourth-order valence-corrected chi connectivity index (χ4v) is 9.28. The average Bonchev–Trinajstić information content (AvgIpc) is 3.31. The second kappa shape index (κ2) is 55.2. The minimum absolute atomic E-state index is 0.00425. The van der Waals surface area contributed by atoms with Gasteiger partial charge in [-0.25, -0.2) is 0 Å². The third-order valence-corrected chi connectivity index (χ3v) is 13.8. The lowest BCUT2D eigenvalue weighted by atomic mass is 10.0. The zero-order valence-electron chi connectivity index (χ0n) is 44.0. The Morgan fingerprint density at radius 2 is 0.723 bits per heavy atom. The SMILES string of the molecule is CCCCCCCCCCCCCCCCCCCCC(O)C(CO)NC(=O)CCCCCCCCC/C=C\CCCCCCCCCCOC(=O)CCCCCCCCCCCCC. The molecular formula is C59H115NO5. The van der Waals surface area contributed by atoms with E-state index in [1.807, 2.05) is 0 Å². The van der Waals surface area contributed by atoms with Gasteiger partial charge in [0.05, 0.1) is 25.4 Å². The molecule has 2 unspecified atom stereocenters. The molecule has 0 aliphatic rings. The molecule has 0 aromatic heterocycles. The fourth-order valence-electron chi connectivity index (χ4n) is 9.28. The van der Waals surface area contributed by atoms with Gasteiger partial charge >= 0.3 is 5.97 Å². The molecule has 0 rings (SSSR count). The zero-order chi connectivity index (χ0) is 47.2. The molecule has 386 valence electrons. The van der Waals surface area contributed by atoms with E-state index in [2.05, 4.69) is 31.3 Å². The molecule has 1 amide bonds. The molecule has 0 aliphatic carbocycles. The van der Waals surface area contributed by atoms with Crippen LogP contribution in [0.15, 0.2) is 12.2 Å². The van der Waals surface area contributed by atoms with Crippen LogP contribution in [0.25, 0.3) is 0 Å². The quantitative estimate of drug-likeness (QED) is 0.0321. The summed E-state index contributed by atoms with van der Waals surface area (Å²) in [6.07, 6.45) is 64.9. The zero-order valence-corrected chi connectivity index (χ0v) is 44.0. The summed E-state index contributed by atoms with van der Waals surface area (Å²) in [5, 5.41) is 23.3. The number of aliphatic hydroxyl groups is 2. The number of carbonyl (C=O) groups is 2. The Balaban J connectivity index is 3.44. The van der Waals surface area contributed by atoms with Gasteiger partial charge in [0, 0.05) is 12.8 Å². The normalized spacial score (nSPS) is 12.6. The molecule has 0 heterocycles. The number of carbonyl (C=O) groups excluding carboxylic acids is 2. The van der Waals surface area contributed by atoms with Crippen molar-refractivity contribution in [1.29, 1.82) is 0 Å². The number of nitrogens with one attached hydrogen (secondary N) is 1. The number of esters is 1. The van der Waals surface area contributed by atoms with E-state index < -0.39 is 12.1 Å². The van der Waals surface area contributed by atoms with Crippen LogP contribution in [0.5, 0.6) is 0 Å². The van der Waals surface area contributed by atoms with Gasteiger partial charge in [0.1, 0.15) is 0 Å². The van der Waals surface area contributed by atoms with Crippen molar-refractivity contribution >= 4 is 11.9 Å². The number of hydrogen-bond acceptors (Lipinski definition) is 5. The number of amides is 1. The maximum atomic E-state index is 12.5. The highest BCUT2D eigenvalue weighted by molar-refractivity contribution is 5.76. The predicted molar refractivity (Wildman–Crippen MR) is 283 cm³/mol. The first-order chi connectivity index (χ1) is 32.0. The predicted octanol–water partition coefficient (Wildman–Crippen LogP) is 18.1. The monoisotopic (exact) mass is 918 g/mol. The summed E-state index contributed by atoms with van der Waals surface area (Å²) in [5.41, 5.74) is 0. The Bertz CT molecular complexity index is 970. The van der Waals surface area contributed by atoms with Crippen molar-refractivity contribution in [3.63, 3.8) is 0 Å². The minimum Gasteiger partial charge on any atom is -0.466 e. The number of unbranched alkanes of at least 4 members (excludes halogenated alkanes) is 42. The van der Waals surface area contributed by atoms with Crippen LogP contribution in [0.2, 0.25) is 0 Å². The molecule has 0 saturated carbocycles. The number of ether oxygens (including phenoxy) is 1. The highest BCUT2D eigenvalue weighted by atomic mass is 16.5. The average molecular weight is 919 g/mol. The third-order valence-electron chi connectivity index (χ3n) is 13.8. The van der Waals surface area contributed by atoms with E-state index in [1.165, 1.54) is 250 Å². The van der Waals surface area contributed by atoms with E-state index in [1.54, 1.807) is 0 Å². The number of aliphatic hydroxyl groups excluding tert-OH is 2. The molecule has 6 heteroatoms. The topological polar surface area (TPSA) is 95.9 Å². The van der Waals surface area contributed by atoms with Gasteiger partial charge in [-0.05, 0) is 51.4 Å². The fraction of sp³-hybridized carbons (Fsp3) is 0.932. The standard InChI is InChI=1S/C59H115NO5/c1-3-5-7-9-11-13-15-16-17-18-22-25-28-32-35-39-43-47-51-57(62)56(55-61)60-58(63)52-48-44-40-36-33-29-26-23-20-19-21-24-27-30-34-38-42-46-50-54-65-59(64)53-49-45-41-37-31-14-12-10-8-6-4-2/h19-20,56-57,61-62H,3-18,21-55H2,1-2H3,(H,60,63)/b20-19-. The van der Waals surface area contributed by atoms with Gasteiger partial charge in [-0.15, -0.1) is 0 Å². The molecule has 2 atom stereocenters. The molecule has 0 spiro atoms. The summed E-state index contributed by atoms with van der Waals surface area (Å²) in [6.45, 7) is 4.96. The molecule has 0 bridgehead atoms. The van der Waals surface area contributed by atoms with Gasteiger partial charge in [-0.3, -0.25) is 9.59 Å². The number of rotatable bonds is 55. The van der Waals surface area contributed by atoms with Crippen molar-refractivity contribution in [3.8, 4) is 0 Å². The lowest BCUT2D eigenvalue weighted by Gasteiger charge is -2.22. The second-order valence-corrected chi connectivity index (χ2v) is 20.3. The van der Waals surface area contributed by atoms with Crippen molar-refractivity contribution in [3.05, 3.63) is 12.2 Å². The molecule has 0 aliphatic heterocycles. The maximum absolute atomic E-state index is 12.5. The summed E-state index contributed by atoms with van der Waals surface area (Å²) in [4.78, 5) is 24.5. The molecule has 3 N–H and O–H groups in total. The first kappa shape index (κ1) is 63.6. The van der Waals surface area contributed by atoms with Gasteiger partial charge in [0.25, 0.3) is 0 Å². The highest BCUT2D eigenvalue weighted by Crippen LogP contribution is 2.17. The first-order valence-electron chi connectivity index (χ1n) is 29.4. The summed E-state index contributed by atoms with van der Waals surface area (Å²) in [6, 6.07) is -0.548. The molecule has 0 radical (unpaired) electrons. The molecule has 0 aromatic rings. The summed E-state index contributed by atoms with van der Waals surface area (Å²) < 4.78 is 5.46. The minimum atomic E-state index is -0.670. The molecule has 0 aromatic carbocycles. The Hall–Kier alpha value is -1.40. The van der Waals surface area contributed by atoms with Crippen LogP contribution in [0.3, 0.4) is 0 Å². The largest absolute Gasteiger partial charge is 0.466 e. The Kier molecular flexibility index (Phi) is 54.0. The first-order valence-corrected chi connectivity index (χ1v) is 29.4. The van der Waals surface area contributed by atoms with Gasteiger partial charge in [0.15, 0.2) is 0 Å². The summed E-state index contributed by atoms with van der Waals surface area (Å²) in [7, 11) is 0. The van der Waals surface area contributed by atoms with Crippen molar-refractivity contribution < 1.29 is 24.5 Å². The van der Waals surface area contributed by atoms with E-state index in [9.17, 15) is 19.8 Å². The third kappa shape index (κ3) is 51.8. The van der Waals surface area contributed by atoms with E-state index in [0.29, 0.717) is 25.9 Å². The van der Waals surface area contributed by atoms with Crippen molar-refractivity contribution in [2.75, 3.05) is 13.2 Å². The van der Waals surface area contributed by atoms with E-state index in [0.717, 1.165) is 44.9 Å². The van der Waals surface area contributed by atoms with Gasteiger partial charge < -0.3 is 20.3 Å². The van der Waals surface area contributed by atoms with Crippen LogP contribution in [0, 0.1) is 0 Å². The number of hydrogen-bond donors (Lipinski definition) is 3. The molecular weight excluding hydrogens is 803 g/mol. The maximum Gasteiger partial charge on any atom is 0.305 e.